The molecule has 0 unspecified atom stereocenters. The third kappa shape index (κ3) is 4.99. The number of aliphatic hydroxyl groups excluding tert-OH is 1. The van der Waals surface area contributed by atoms with Gasteiger partial charge in [0.2, 0.25) is 0 Å². The smallest absolute Gasteiger partial charge is 0.319 e. The molecule has 0 aliphatic heterocycles. The number of carbonyl (C=O) groups is 1. The minimum Gasteiger partial charge on any atom is -0.497 e. The fourth-order valence-electron chi connectivity index (χ4n) is 2.45. The summed E-state index contributed by atoms with van der Waals surface area (Å²) in [7, 11) is 1.58. The zero-order valence-electron chi connectivity index (χ0n) is 14.2. The van der Waals surface area contributed by atoms with E-state index in [1.165, 1.54) is 0 Å². The maximum atomic E-state index is 12.1. The molecule has 5 heteroatoms. The van der Waals surface area contributed by atoms with Gasteiger partial charge in [-0.2, -0.15) is 0 Å². The van der Waals surface area contributed by atoms with E-state index in [1.807, 2.05) is 56.3 Å². The number of hydrogen-bond acceptors (Lipinski definition) is 3. The molecule has 24 heavy (non-hydrogen) atoms. The lowest BCUT2D eigenvalue weighted by molar-refractivity contribution is 0.155. The molecule has 2 aromatic rings. The average Bonchev–Trinajstić information content (AvgIpc) is 2.57. The first-order valence-electron chi connectivity index (χ1n) is 7.94. The second kappa shape index (κ2) is 8.36. The van der Waals surface area contributed by atoms with E-state index in [2.05, 4.69) is 10.6 Å². The molecular formula is C19H24N2O3. The van der Waals surface area contributed by atoms with Gasteiger partial charge in [0, 0.05) is 17.8 Å². The maximum Gasteiger partial charge on any atom is 0.319 e. The van der Waals surface area contributed by atoms with E-state index in [1.54, 1.807) is 13.2 Å². The average molecular weight is 328 g/mol. The maximum absolute atomic E-state index is 12.1. The topological polar surface area (TPSA) is 70.6 Å². The van der Waals surface area contributed by atoms with Gasteiger partial charge in [0.05, 0.1) is 13.2 Å². The van der Waals surface area contributed by atoms with Gasteiger partial charge >= 0.3 is 6.03 Å². The monoisotopic (exact) mass is 328 g/mol. The van der Waals surface area contributed by atoms with Crippen LogP contribution in [0.3, 0.4) is 0 Å². The van der Waals surface area contributed by atoms with Crippen LogP contribution in [0.5, 0.6) is 5.75 Å². The Labute approximate surface area is 142 Å². The molecule has 0 bridgehead atoms. The van der Waals surface area contributed by atoms with E-state index >= 15 is 0 Å². The van der Waals surface area contributed by atoms with E-state index in [0.29, 0.717) is 17.9 Å². The molecule has 0 saturated carbocycles. The third-order valence-corrected chi connectivity index (χ3v) is 3.83. The first-order chi connectivity index (χ1) is 11.5. The molecule has 2 aromatic carbocycles. The largest absolute Gasteiger partial charge is 0.497 e. The van der Waals surface area contributed by atoms with Gasteiger partial charge in [-0.15, -0.1) is 0 Å². The van der Waals surface area contributed by atoms with E-state index in [9.17, 15) is 9.90 Å². The summed E-state index contributed by atoms with van der Waals surface area (Å²) < 4.78 is 5.17. The van der Waals surface area contributed by atoms with Crippen molar-refractivity contribution in [3.05, 3.63) is 59.7 Å². The van der Waals surface area contributed by atoms with Gasteiger partial charge in [-0.1, -0.05) is 36.4 Å². The third-order valence-electron chi connectivity index (χ3n) is 3.83. The second-order valence-electron chi connectivity index (χ2n) is 5.84. The Hall–Kier alpha value is -2.53. The Morgan fingerprint density at radius 2 is 1.92 bits per heavy atom. The van der Waals surface area contributed by atoms with Crippen LogP contribution in [-0.4, -0.2) is 24.3 Å². The summed E-state index contributed by atoms with van der Waals surface area (Å²) in [6.07, 6.45) is -0.172. The summed E-state index contributed by atoms with van der Waals surface area (Å²) in [4.78, 5) is 12.1. The molecule has 3 N–H and O–H groups in total. The molecular weight excluding hydrogens is 304 g/mol. The molecule has 0 fully saturated rings. The fraction of sp³-hybridized carbons (Fsp3) is 0.316. The van der Waals surface area contributed by atoms with E-state index in [4.69, 9.17) is 4.74 Å². The summed E-state index contributed by atoms with van der Waals surface area (Å²) in [5.41, 5.74) is 2.49. The highest BCUT2D eigenvalue weighted by molar-refractivity contribution is 5.90. The number of urea groups is 1. The van der Waals surface area contributed by atoms with Gasteiger partial charge in [-0.05, 0) is 37.5 Å². The van der Waals surface area contributed by atoms with Crippen molar-refractivity contribution in [1.82, 2.24) is 5.32 Å². The highest BCUT2D eigenvalue weighted by Crippen LogP contribution is 2.22. The van der Waals surface area contributed by atoms with Crippen LogP contribution in [0.1, 0.15) is 30.6 Å². The standard InChI is InChI=1S/C19H24N2O3/c1-13-9-10-16(24-3)12-17(13)21-19(23)20-14(2)11-18(22)15-7-5-4-6-8-15/h4-10,12,14,18,22H,11H2,1-3H3,(H2,20,21,23)/t14-,18-/m0/s1. The van der Waals surface area contributed by atoms with Gasteiger partial charge in [-0.25, -0.2) is 4.79 Å². The number of carbonyl (C=O) groups excluding carboxylic acids is 1. The second-order valence-corrected chi connectivity index (χ2v) is 5.84. The summed E-state index contributed by atoms with van der Waals surface area (Å²) >= 11 is 0. The van der Waals surface area contributed by atoms with Crippen molar-refractivity contribution in [2.75, 3.05) is 12.4 Å². The Balaban J connectivity index is 1.90. The number of methoxy groups -OCH3 is 1. The first-order valence-corrected chi connectivity index (χ1v) is 7.94. The molecule has 0 spiro atoms. The molecule has 0 heterocycles. The van der Waals surface area contributed by atoms with Crippen LogP contribution in [0.15, 0.2) is 48.5 Å². The van der Waals surface area contributed by atoms with Crippen LogP contribution in [0.2, 0.25) is 0 Å². The van der Waals surface area contributed by atoms with E-state index < -0.39 is 6.10 Å². The van der Waals surface area contributed by atoms with Crippen molar-refractivity contribution < 1.29 is 14.6 Å². The summed E-state index contributed by atoms with van der Waals surface area (Å²) in [5, 5.41) is 15.9. The Bertz CT molecular complexity index is 674. The number of aliphatic hydroxyl groups is 1. The highest BCUT2D eigenvalue weighted by Gasteiger charge is 2.15. The molecule has 0 saturated heterocycles. The molecule has 0 aliphatic carbocycles. The van der Waals surface area contributed by atoms with Crippen LogP contribution in [0, 0.1) is 6.92 Å². The van der Waals surface area contributed by atoms with Crippen LogP contribution in [0.25, 0.3) is 0 Å². The first kappa shape index (κ1) is 17.8. The van der Waals surface area contributed by atoms with Crippen LogP contribution in [0.4, 0.5) is 10.5 Å². The van der Waals surface area contributed by atoms with Crippen LogP contribution >= 0.6 is 0 Å². The molecule has 128 valence electrons. The molecule has 2 atom stereocenters. The van der Waals surface area contributed by atoms with Crippen molar-refractivity contribution in [1.29, 1.82) is 0 Å². The summed E-state index contributed by atoms with van der Waals surface area (Å²) in [6.45, 7) is 3.78. The zero-order chi connectivity index (χ0) is 17.5. The minimum atomic E-state index is -0.611. The predicted octanol–water partition coefficient (Wildman–Crippen LogP) is 3.64. The summed E-state index contributed by atoms with van der Waals surface area (Å²) in [5.74, 6) is 0.684. The molecule has 0 radical (unpaired) electrons. The number of rotatable bonds is 6. The number of nitrogens with one attached hydrogen (secondary N) is 2. The van der Waals surface area contributed by atoms with Crippen LogP contribution in [-0.2, 0) is 0 Å². The normalized spacial score (nSPS) is 13.0. The minimum absolute atomic E-state index is 0.175. The predicted molar refractivity (Wildman–Crippen MR) is 95.4 cm³/mol. The summed E-state index contributed by atoms with van der Waals surface area (Å²) in [6, 6.07) is 14.4. The van der Waals surface area contributed by atoms with Crippen LogP contribution < -0.4 is 15.4 Å². The van der Waals surface area contributed by atoms with Crippen molar-refractivity contribution in [3.63, 3.8) is 0 Å². The number of amides is 2. The zero-order valence-corrected chi connectivity index (χ0v) is 14.2. The van der Waals surface area contributed by atoms with E-state index in [-0.39, 0.29) is 12.1 Å². The Morgan fingerprint density at radius 3 is 2.58 bits per heavy atom. The van der Waals surface area contributed by atoms with Gasteiger partial charge < -0.3 is 20.5 Å². The molecule has 2 amide bonds. The Kier molecular flexibility index (Phi) is 6.21. The lowest BCUT2D eigenvalue weighted by Gasteiger charge is -2.19. The molecule has 2 rings (SSSR count). The van der Waals surface area contributed by atoms with Crippen molar-refractivity contribution in [2.24, 2.45) is 0 Å². The highest BCUT2D eigenvalue weighted by atomic mass is 16.5. The van der Waals surface area contributed by atoms with Crippen molar-refractivity contribution in [3.8, 4) is 5.75 Å². The number of anilines is 1. The van der Waals surface area contributed by atoms with Crippen molar-refractivity contribution in [2.45, 2.75) is 32.4 Å². The van der Waals surface area contributed by atoms with Gasteiger partial charge in [0.1, 0.15) is 5.75 Å². The quantitative estimate of drug-likeness (QED) is 0.758. The van der Waals surface area contributed by atoms with Gasteiger partial charge in [0.15, 0.2) is 0 Å². The fourth-order valence-corrected chi connectivity index (χ4v) is 2.45. The Morgan fingerprint density at radius 1 is 1.21 bits per heavy atom. The van der Waals surface area contributed by atoms with E-state index in [0.717, 1.165) is 11.1 Å². The molecule has 0 aromatic heterocycles. The lowest BCUT2D eigenvalue weighted by Crippen LogP contribution is -2.37. The number of benzene rings is 2. The number of hydrogen-bond donors (Lipinski definition) is 3. The molecule has 0 aliphatic rings. The van der Waals surface area contributed by atoms with Crippen molar-refractivity contribution >= 4 is 11.7 Å². The number of ether oxygens (including phenoxy) is 1. The van der Waals surface area contributed by atoms with Gasteiger partial charge in [-0.3, -0.25) is 0 Å². The SMILES string of the molecule is COc1ccc(C)c(NC(=O)N[C@@H](C)C[C@H](O)c2ccccc2)c1. The number of aryl methyl sites for hydroxylation is 1. The lowest BCUT2D eigenvalue weighted by atomic mass is 10.0. The van der Waals surface area contributed by atoms with Gasteiger partial charge in [0.25, 0.3) is 0 Å². The molecule has 5 nitrogen and oxygen atoms in total.